The molecule has 3 N–H and O–H groups in total. The number of hydrogen-bond donors (Lipinski definition) is 2. The average Bonchev–Trinajstić information content (AvgIpc) is 2.41. The largest absolute Gasteiger partial charge is 0.271 e. The fourth-order valence-electron chi connectivity index (χ4n) is 1.90. The normalized spacial score (nSPS) is 12.4. The van der Waals surface area contributed by atoms with Crippen LogP contribution in [0.25, 0.3) is 0 Å². The third-order valence-electron chi connectivity index (χ3n) is 2.89. The Labute approximate surface area is 143 Å². The van der Waals surface area contributed by atoms with Crippen LogP contribution in [0, 0.1) is 3.57 Å². The molecule has 0 saturated heterocycles. The number of nitrogens with two attached hydrogens (primary N) is 1. The molecule has 0 heterocycles. The zero-order chi connectivity index (χ0) is 13.8. The molecule has 1 unspecified atom stereocenters. The summed E-state index contributed by atoms with van der Waals surface area (Å²) in [5.74, 6) is 5.71. The maximum atomic E-state index is 5.71. The molecule has 0 bridgehead atoms. The lowest BCUT2D eigenvalue weighted by Gasteiger charge is -2.18. The summed E-state index contributed by atoms with van der Waals surface area (Å²) in [7, 11) is 0. The second-order valence-corrected chi connectivity index (χ2v) is 7.23. The number of benzene rings is 2. The summed E-state index contributed by atoms with van der Waals surface area (Å²) < 4.78 is 3.35. The van der Waals surface area contributed by atoms with Crippen LogP contribution in [-0.4, -0.2) is 0 Å². The van der Waals surface area contributed by atoms with Crippen molar-refractivity contribution >= 4 is 54.5 Å². The minimum absolute atomic E-state index is 0.0759. The SMILES string of the molecule is NNC(Cc1ccc(I)cc1)c1cc(Br)ccc1Br. The first kappa shape index (κ1) is 15.4. The minimum atomic E-state index is 0.0759. The highest BCUT2D eigenvalue weighted by atomic mass is 127. The quantitative estimate of drug-likeness (QED) is 0.371. The second kappa shape index (κ2) is 7.17. The molecule has 0 aliphatic heterocycles. The molecule has 0 radical (unpaired) electrons. The molecule has 0 spiro atoms. The molecule has 0 aromatic heterocycles. The van der Waals surface area contributed by atoms with Crippen molar-refractivity contribution in [2.24, 2.45) is 5.84 Å². The topological polar surface area (TPSA) is 38.0 Å². The van der Waals surface area contributed by atoms with Gasteiger partial charge in [-0.2, -0.15) is 0 Å². The summed E-state index contributed by atoms with van der Waals surface area (Å²) in [6, 6.07) is 14.7. The highest BCUT2D eigenvalue weighted by Crippen LogP contribution is 2.28. The van der Waals surface area contributed by atoms with Gasteiger partial charge < -0.3 is 0 Å². The Morgan fingerprint density at radius 3 is 2.42 bits per heavy atom. The van der Waals surface area contributed by atoms with E-state index in [0.29, 0.717) is 0 Å². The van der Waals surface area contributed by atoms with E-state index in [1.165, 1.54) is 9.13 Å². The lowest BCUT2D eigenvalue weighted by atomic mass is 9.99. The van der Waals surface area contributed by atoms with Crippen molar-refractivity contribution in [2.45, 2.75) is 12.5 Å². The Kier molecular flexibility index (Phi) is 5.83. The number of rotatable bonds is 4. The summed E-state index contributed by atoms with van der Waals surface area (Å²) in [5, 5.41) is 0. The molecule has 0 aliphatic rings. The van der Waals surface area contributed by atoms with Gasteiger partial charge in [0.25, 0.3) is 0 Å². The molecule has 1 atom stereocenters. The monoisotopic (exact) mass is 494 g/mol. The first-order valence-electron chi connectivity index (χ1n) is 5.75. The van der Waals surface area contributed by atoms with Crippen LogP contribution in [0.15, 0.2) is 51.4 Å². The van der Waals surface area contributed by atoms with Gasteiger partial charge in [0.15, 0.2) is 0 Å². The number of nitrogens with one attached hydrogen (secondary N) is 1. The van der Waals surface area contributed by atoms with E-state index in [-0.39, 0.29) is 6.04 Å². The van der Waals surface area contributed by atoms with E-state index in [2.05, 4.69) is 90.2 Å². The fraction of sp³-hybridized carbons (Fsp3) is 0.143. The summed E-state index contributed by atoms with van der Waals surface area (Å²) in [4.78, 5) is 0. The predicted molar refractivity (Wildman–Crippen MR) is 94.8 cm³/mol. The second-order valence-electron chi connectivity index (χ2n) is 4.22. The van der Waals surface area contributed by atoms with E-state index < -0.39 is 0 Å². The summed E-state index contributed by atoms with van der Waals surface area (Å²) in [6.07, 6.45) is 0.850. The molecule has 2 aromatic rings. The third kappa shape index (κ3) is 4.26. The molecule has 19 heavy (non-hydrogen) atoms. The molecule has 2 aromatic carbocycles. The summed E-state index contributed by atoms with van der Waals surface area (Å²) >= 11 is 9.38. The van der Waals surface area contributed by atoms with Crippen LogP contribution < -0.4 is 11.3 Å². The Morgan fingerprint density at radius 1 is 1.11 bits per heavy atom. The Bertz CT molecular complexity index is 558. The maximum Gasteiger partial charge on any atom is 0.0511 e. The van der Waals surface area contributed by atoms with Crippen molar-refractivity contribution < 1.29 is 0 Å². The lowest BCUT2D eigenvalue weighted by molar-refractivity contribution is 0.550. The number of hydrazine groups is 1. The van der Waals surface area contributed by atoms with Crippen LogP contribution in [0.2, 0.25) is 0 Å². The van der Waals surface area contributed by atoms with Crippen molar-refractivity contribution in [1.29, 1.82) is 0 Å². The van der Waals surface area contributed by atoms with Gasteiger partial charge in [-0.1, -0.05) is 44.0 Å². The Balaban J connectivity index is 2.24. The molecular weight excluding hydrogens is 483 g/mol. The van der Waals surface area contributed by atoms with Gasteiger partial charge in [0.05, 0.1) is 6.04 Å². The van der Waals surface area contributed by atoms with Crippen LogP contribution in [0.5, 0.6) is 0 Å². The maximum absolute atomic E-state index is 5.71. The fourth-order valence-corrected chi connectivity index (χ4v) is 3.16. The smallest absolute Gasteiger partial charge is 0.0511 e. The summed E-state index contributed by atoms with van der Waals surface area (Å²) in [5.41, 5.74) is 5.30. The zero-order valence-corrected chi connectivity index (χ0v) is 15.4. The van der Waals surface area contributed by atoms with Crippen LogP contribution in [0.4, 0.5) is 0 Å². The van der Waals surface area contributed by atoms with Crippen molar-refractivity contribution in [1.82, 2.24) is 5.43 Å². The van der Waals surface area contributed by atoms with Crippen LogP contribution in [0.1, 0.15) is 17.2 Å². The molecule has 0 amide bonds. The van der Waals surface area contributed by atoms with E-state index in [4.69, 9.17) is 5.84 Å². The van der Waals surface area contributed by atoms with Gasteiger partial charge in [-0.05, 0) is 70.5 Å². The van der Waals surface area contributed by atoms with Gasteiger partial charge >= 0.3 is 0 Å². The van der Waals surface area contributed by atoms with Gasteiger partial charge in [0.2, 0.25) is 0 Å². The van der Waals surface area contributed by atoms with E-state index in [0.717, 1.165) is 20.9 Å². The molecule has 5 heteroatoms. The van der Waals surface area contributed by atoms with Crippen molar-refractivity contribution in [3.8, 4) is 0 Å². The molecule has 0 fully saturated rings. The van der Waals surface area contributed by atoms with Crippen molar-refractivity contribution in [3.63, 3.8) is 0 Å². The van der Waals surface area contributed by atoms with Gasteiger partial charge in [-0.25, -0.2) is 0 Å². The van der Waals surface area contributed by atoms with E-state index in [1.807, 2.05) is 12.1 Å². The lowest BCUT2D eigenvalue weighted by Crippen LogP contribution is -2.29. The van der Waals surface area contributed by atoms with Crippen LogP contribution >= 0.6 is 54.5 Å². The molecule has 0 saturated carbocycles. The number of halogens is 3. The van der Waals surface area contributed by atoms with Crippen LogP contribution in [0.3, 0.4) is 0 Å². The van der Waals surface area contributed by atoms with E-state index in [1.54, 1.807) is 0 Å². The van der Waals surface area contributed by atoms with E-state index in [9.17, 15) is 0 Å². The van der Waals surface area contributed by atoms with Crippen molar-refractivity contribution in [3.05, 3.63) is 66.1 Å². The third-order valence-corrected chi connectivity index (χ3v) is 4.82. The zero-order valence-electron chi connectivity index (χ0n) is 10.0. The Morgan fingerprint density at radius 2 is 1.79 bits per heavy atom. The van der Waals surface area contributed by atoms with Crippen LogP contribution in [-0.2, 0) is 6.42 Å². The predicted octanol–water partition coefficient (Wildman–Crippen LogP) is 4.56. The van der Waals surface area contributed by atoms with E-state index >= 15 is 0 Å². The Hall–Kier alpha value is 0.0500. The highest BCUT2D eigenvalue weighted by Gasteiger charge is 2.14. The minimum Gasteiger partial charge on any atom is -0.271 e. The number of hydrogen-bond acceptors (Lipinski definition) is 2. The van der Waals surface area contributed by atoms with Gasteiger partial charge in [-0.3, -0.25) is 11.3 Å². The van der Waals surface area contributed by atoms with Gasteiger partial charge in [-0.15, -0.1) is 0 Å². The molecule has 2 rings (SSSR count). The summed E-state index contributed by atoms with van der Waals surface area (Å²) in [6.45, 7) is 0. The highest BCUT2D eigenvalue weighted by molar-refractivity contribution is 14.1. The average molecular weight is 496 g/mol. The molecular formula is C14H13Br2IN2. The standard InChI is InChI=1S/C14H13Br2IN2/c15-10-3-6-13(16)12(8-10)14(19-18)7-9-1-4-11(17)5-2-9/h1-6,8,14,19H,7,18H2. The molecule has 2 nitrogen and oxygen atoms in total. The van der Waals surface area contributed by atoms with Gasteiger partial charge in [0, 0.05) is 12.5 Å². The first-order valence-corrected chi connectivity index (χ1v) is 8.42. The first-order chi connectivity index (χ1) is 9.10. The molecule has 0 aliphatic carbocycles. The molecule has 100 valence electrons. The van der Waals surface area contributed by atoms with Crippen molar-refractivity contribution in [2.75, 3.05) is 0 Å². The van der Waals surface area contributed by atoms with Gasteiger partial charge in [0.1, 0.15) is 0 Å².